The summed E-state index contributed by atoms with van der Waals surface area (Å²) in [5.74, 6) is -0.148. The molecule has 1 aliphatic rings. The van der Waals surface area contributed by atoms with Gasteiger partial charge in [0.25, 0.3) is 5.91 Å². The van der Waals surface area contributed by atoms with Crippen molar-refractivity contribution in [3.05, 3.63) is 89.3 Å². The fraction of sp³-hybridized carbons (Fsp3) is 0.259. The zero-order chi connectivity index (χ0) is 25.3. The minimum Gasteiger partial charge on any atom is -0.382 e. The number of carbonyl (C=O) groups excluding carboxylic acids is 1. The van der Waals surface area contributed by atoms with Gasteiger partial charge in [-0.2, -0.15) is 13.2 Å². The number of hydrogen-bond donors (Lipinski definition) is 2. The van der Waals surface area contributed by atoms with E-state index in [1.807, 2.05) is 47.2 Å². The second kappa shape index (κ2) is 9.85. The van der Waals surface area contributed by atoms with Crippen LogP contribution in [0, 0.1) is 0 Å². The Kier molecular flexibility index (Phi) is 6.62. The van der Waals surface area contributed by atoms with E-state index in [4.69, 9.17) is 11.6 Å². The number of nitrogens with one attached hydrogen (secondary N) is 2. The Labute approximate surface area is 211 Å². The summed E-state index contributed by atoms with van der Waals surface area (Å²) in [5.41, 5.74) is 1.12. The highest BCUT2D eigenvalue weighted by molar-refractivity contribution is 6.31. The molecule has 0 spiro atoms. The van der Waals surface area contributed by atoms with E-state index in [-0.39, 0.29) is 23.5 Å². The topological polar surface area (TPSA) is 59.0 Å². The molecule has 0 bridgehead atoms. The van der Waals surface area contributed by atoms with E-state index in [1.165, 1.54) is 12.1 Å². The Morgan fingerprint density at radius 3 is 2.39 bits per heavy atom. The van der Waals surface area contributed by atoms with Gasteiger partial charge in [0.1, 0.15) is 11.4 Å². The van der Waals surface area contributed by atoms with Crippen LogP contribution in [0.25, 0.3) is 16.6 Å². The number of halogens is 4. The molecule has 1 amide bonds. The smallest absolute Gasteiger partial charge is 0.382 e. The van der Waals surface area contributed by atoms with E-state index in [0.29, 0.717) is 47.5 Å². The third-order valence-electron chi connectivity index (χ3n) is 6.50. The van der Waals surface area contributed by atoms with Gasteiger partial charge < -0.3 is 15.2 Å². The number of pyridine rings is 1. The lowest BCUT2D eigenvalue weighted by molar-refractivity contribution is -0.140. The van der Waals surface area contributed by atoms with E-state index < -0.39 is 11.9 Å². The zero-order valence-electron chi connectivity index (χ0n) is 19.2. The van der Waals surface area contributed by atoms with Gasteiger partial charge in [-0.05, 0) is 74.2 Å². The number of aromatic nitrogens is 2. The molecule has 5 rings (SSSR count). The maximum absolute atomic E-state index is 13.4. The number of fused-ring (bicyclic) bond motifs is 1. The van der Waals surface area contributed by atoms with E-state index in [2.05, 4.69) is 15.6 Å². The summed E-state index contributed by atoms with van der Waals surface area (Å²) in [7, 11) is 0. The van der Waals surface area contributed by atoms with Crippen LogP contribution in [0.2, 0.25) is 5.02 Å². The number of para-hydroxylation sites is 1. The van der Waals surface area contributed by atoms with Gasteiger partial charge in [0.2, 0.25) is 0 Å². The SMILES string of the molecule is O=C(N[C@H]1CC[C@@H](Nc2cc(C(F)(F)F)nc3ccc(Cl)cc23)CC1)c1cccn1-c1ccccc1. The van der Waals surface area contributed by atoms with E-state index >= 15 is 0 Å². The van der Waals surface area contributed by atoms with Crippen LogP contribution in [0.5, 0.6) is 0 Å². The van der Waals surface area contributed by atoms with Gasteiger partial charge in [-0.1, -0.05) is 29.8 Å². The second-order valence-electron chi connectivity index (χ2n) is 8.98. The highest BCUT2D eigenvalue weighted by Gasteiger charge is 2.34. The number of alkyl halides is 3. The quantitative estimate of drug-likeness (QED) is 0.307. The molecule has 1 aliphatic carbocycles. The van der Waals surface area contributed by atoms with Gasteiger partial charge in [0.15, 0.2) is 0 Å². The second-order valence-corrected chi connectivity index (χ2v) is 9.42. The lowest BCUT2D eigenvalue weighted by Gasteiger charge is -2.31. The fourth-order valence-electron chi connectivity index (χ4n) is 4.70. The molecule has 1 saturated carbocycles. The van der Waals surface area contributed by atoms with Crippen molar-refractivity contribution in [2.45, 2.75) is 43.9 Å². The first-order valence-corrected chi connectivity index (χ1v) is 12.1. The summed E-state index contributed by atoms with van der Waals surface area (Å²) >= 11 is 6.10. The third kappa shape index (κ3) is 5.18. The van der Waals surface area contributed by atoms with Gasteiger partial charge in [0.05, 0.1) is 5.52 Å². The van der Waals surface area contributed by atoms with Crippen LogP contribution in [0.15, 0.2) is 72.9 Å². The number of rotatable bonds is 5. The predicted molar refractivity (Wildman–Crippen MR) is 135 cm³/mol. The summed E-state index contributed by atoms with van der Waals surface area (Å²) in [5, 5.41) is 7.38. The summed E-state index contributed by atoms with van der Waals surface area (Å²) in [4.78, 5) is 16.7. The van der Waals surface area contributed by atoms with E-state index in [9.17, 15) is 18.0 Å². The first-order chi connectivity index (χ1) is 17.3. The average molecular weight is 513 g/mol. The van der Waals surface area contributed by atoms with Crippen LogP contribution in [-0.2, 0) is 6.18 Å². The molecule has 186 valence electrons. The standard InChI is InChI=1S/C27H24ClF3N4O/c28-17-8-13-22-21(15-17)23(16-25(34-22)27(29,30)31)32-18-9-11-19(12-10-18)33-26(36)24-7-4-14-35(24)20-5-2-1-3-6-20/h1-8,13-16,18-19H,9-12H2,(H,32,34)(H,33,36)/t18-,19+. The van der Waals surface area contributed by atoms with Crippen LogP contribution in [0.3, 0.4) is 0 Å². The molecule has 0 aliphatic heterocycles. The number of nitrogens with zero attached hydrogens (tertiary/aromatic N) is 2. The molecule has 4 aromatic rings. The minimum atomic E-state index is -4.55. The molecule has 2 aromatic heterocycles. The van der Waals surface area contributed by atoms with Crippen molar-refractivity contribution in [1.29, 1.82) is 0 Å². The monoisotopic (exact) mass is 512 g/mol. The molecular formula is C27H24ClF3N4O. The largest absolute Gasteiger partial charge is 0.433 e. The number of carbonyl (C=O) groups is 1. The summed E-state index contributed by atoms with van der Waals surface area (Å²) in [6, 6.07) is 18.9. The number of benzene rings is 2. The summed E-state index contributed by atoms with van der Waals surface area (Å²) in [6.45, 7) is 0. The van der Waals surface area contributed by atoms with Crippen LogP contribution in [0.1, 0.15) is 41.9 Å². The fourth-order valence-corrected chi connectivity index (χ4v) is 4.88. The average Bonchev–Trinajstić information content (AvgIpc) is 3.36. The summed E-state index contributed by atoms with van der Waals surface area (Å²) < 4.78 is 42.1. The number of anilines is 1. The van der Waals surface area contributed by atoms with E-state index in [1.54, 1.807) is 12.1 Å². The Balaban J connectivity index is 1.26. The van der Waals surface area contributed by atoms with Gasteiger partial charge in [-0.3, -0.25) is 4.79 Å². The normalized spacial score (nSPS) is 18.2. The molecule has 0 saturated heterocycles. The van der Waals surface area contributed by atoms with Crippen molar-refractivity contribution in [3.8, 4) is 5.69 Å². The highest BCUT2D eigenvalue weighted by Crippen LogP contribution is 2.35. The maximum atomic E-state index is 13.4. The van der Waals surface area contributed by atoms with Crippen molar-refractivity contribution in [2.75, 3.05) is 5.32 Å². The van der Waals surface area contributed by atoms with Crippen molar-refractivity contribution >= 4 is 34.1 Å². The van der Waals surface area contributed by atoms with Crippen molar-refractivity contribution in [3.63, 3.8) is 0 Å². The Bertz CT molecular complexity index is 1380. The van der Waals surface area contributed by atoms with Gasteiger partial charge in [0, 0.05) is 40.1 Å². The molecule has 0 radical (unpaired) electrons. The first-order valence-electron chi connectivity index (χ1n) is 11.8. The maximum Gasteiger partial charge on any atom is 0.433 e. The molecule has 0 unspecified atom stereocenters. The van der Waals surface area contributed by atoms with E-state index in [0.717, 1.165) is 11.8 Å². The Morgan fingerprint density at radius 1 is 0.944 bits per heavy atom. The zero-order valence-corrected chi connectivity index (χ0v) is 20.0. The van der Waals surface area contributed by atoms with Crippen LogP contribution in [0.4, 0.5) is 18.9 Å². The first kappa shape index (κ1) is 24.2. The lowest BCUT2D eigenvalue weighted by Crippen LogP contribution is -2.40. The van der Waals surface area contributed by atoms with Crippen LogP contribution in [-0.4, -0.2) is 27.5 Å². The van der Waals surface area contributed by atoms with Crippen molar-refractivity contribution in [1.82, 2.24) is 14.9 Å². The molecule has 0 atom stereocenters. The Hall–Kier alpha value is -3.52. The minimum absolute atomic E-state index is 0.0101. The van der Waals surface area contributed by atoms with Crippen LogP contribution >= 0.6 is 11.6 Å². The van der Waals surface area contributed by atoms with Crippen molar-refractivity contribution in [2.24, 2.45) is 0 Å². The molecule has 36 heavy (non-hydrogen) atoms. The molecule has 2 N–H and O–H groups in total. The van der Waals surface area contributed by atoms with Gasteiger partial charge >= 0.3 is 6.18 Å². The number of amides is 1. The van der Waals surface area contributed by atoms with Gasteiger partial charge in [-0.15, -0.1) is 0 Å². The lowest BCUT2D eigenvalue weighted by atomic mass is 9.90. The van der Waals surface area contributed by atoms with Crippen molar-refractivity contribution < 1.29 is 18.0 Å². The summed E-state index contributed by atoms with van der Waals surface area (Å²) in [6.07, 6.45) is 0.138. The molecule has 9 heteroatoms. The third-order valence-corrected chi connectivity index (χ3v) is 6.73. The highest BCUT2D eigenvalue weighted by atomic mass is 35.5. The molecule has 5 nitrogen and oxygen atoms in total. The Morgan fingerprint density at radius 2 is 1.67 bits per heavy atom. The molecular weight excluding hydrogens is 489 g/mol. The predicted octanol–water partition coefficient (Wildman–Crippen LogP) is 6.85. The van der Waals surface area contributed by atoms with Crippen LogP contribution < -0.4 is 10.6 Å². The molecule has 2 heterocycles. The number of hydrogen-bond acceptors (Lipinski definition) is 3. The van der Waals surface area contributed by atoms with Gasteiger partial charge in [-0.25, -0.2) is 4.98 Å². The molecule has 1 fully saturated rings. The molecule has 2 aromatic carbocycles.